The number of benzene rings is 1. The molecule has 0 aliphatic heterocycles. The van der Waals surface area contributed by atoms with Gasteiger partial charge < -0.3 is 10.4 Å². The third kappa shape index (κ3) is 4.23. The number of aromatic carboxylic acids is 1. The Labute approximate surface area is 119 Å². The van der Waals surface area contributed by atoms with Gasteiger partial charge in [-0.1, -0.05) is 6.92 Å². The number of hydrogen-bond acceptors (Lipinski definition) is 5. The van der Waals surface area contributed by atoms with E-state index in [-0.39, 0.29) is 16.4 Å². The van der Waals surface area contributed by atoms with Crippen LogP contribution in [-0.2, 0) is 0 Å². The number of nitrogens with zero attached hydrogens (tertiary/aromatic N) is 1. The van der Waals surface area contributed by atoms with Crippen molar-refractivity contribution >= 4 is 29.3 Å². The molecule has 108 valence electrons. The monoisotopic (exact) mass is 298 g/mol. The van der Waals surface area contributed by atoms with Crippen LogP contribution in [0.25, 0.3) is 0 Å². The first-order valence-electron chi connectivity index (χ1n) is 5.69. The van der Waals surface area contributed by atoms with Crippen LogP contribution in [0.5, 0.6) is 0 Å². The minimum atomic E-state index is -1.32. The molecule has 2 N–H and O–H groups in total. The number of nitro groups is 1. The summed E-state index contributed by atoms with van der Waals surface area (Å²) >= 11 is 1.56. The maximum absolute atomic E-state index is 11.9. The Kier molecular flexibility index (Phi) is 5.51. The SMILES string of the molecule is CSC(C)CNC(=O)c1cc(C(=O)O)cc([N+](=O)[O-])c1. The average Bonchev–Trinajstić information content (AvgIpc) is 2.43. The van der Waals surface area contributed by atoms with Gasteiger partial charge in [-0.3, -0.25) is 14.9 Å². The van der Waals surface area contributed by atoms with Crippen LogP contribution in [0.2, 0.25) is 0 Å². The number of nitro benzene ring substituents is 1. The second-order valence-corrected chi connectivity index (χ2v) is 5.36. The molecule has 0 heterocycles. The molecule has 7 nitrogen and oxygen atoms in total. The van der Waals surface area contributed by atoms with E-state index in [1.807, 2.05) is 13.2 Å². The van der Waals surface area contributed by atoms with Crippen molar-refractivity contribution in [2.45, 2.75) is 12.2 Å². The highest BCUT2D eigenvalue weighted by Crippen LogP contribution is 2.17. The lowest BCUT2D eigenvalue weighted by Crippen LogP contribution is -2.29. The van der Waals surface area contributed by atoms with Gasteiger partial charge in [-0.25, -0.2) is 4.79 Å². The zero-order chi connectivity index (χ0) is 15.3. The number of thioether (sulfide) groups is 1. The predicted molar refractivity (Wildman–Crippen MR) is 75.4 cm³/mol. The Morgan fingerprint density at radius 2 is 2.00 bits per heavy atom. The molecule has 0 saturated carbocycles. The lowest BCUT2D eigenvalue weighted by Gasteiger charge is -2.10. The van der Waals surface area contributed by atoms with Gasteiger partial charge in [0.25, 0.3) is 11.6 Å². The molecule has 0 bridgehead atoms. The van der Waals surface area contributed by atoms with Crippen LogP contribution in [-0.4, -0.2) is 40.0 Å². The molecule has 0 fully saturated rings. The van der Waals surface area contributed by atoms with Gasteiger partial charge in [0, 0.05) is 29.5 Å². The lowest BCUT2D eigenvalue weighted by atomic mass is 10.1. The number of amides is 1. The van der Waals surface area contributed by atoms with Crippen molar-refractivity contribution in [1.82, 2.24) is 5.32 Å². The first kappa shape index (κ1) is 16.0. The second kappa shape index (κ2) is 6.90. The van der Waals surface area contributed by atoms with E-state index in [1.54, 1.807) is 11.8 Å². The maximum atomic E-state index is 11.9. The van der Waals surface area contributed by atoms with Crippen molar-refractivity contribution in [3.63, 3.8) is 0 Å². The molecule has 1 unspecified atom stereocenters. The van der Waals surface area contributed by atoms with Crippen molar-refractivity contribution in [2.75, 3.05) is 12.8 Å². The highest BCUT2D eigenvalue weighted by molar-refractivity contribution is 7.99. The van der Waals surface area contributed by atoms with E-state index >= 15 is 0 Å². The van der Waals surface area contributed by atoms with Gasteiger partial charge >= 0.3 is 5.97 Å². The largest absolute Gasteiger partial charge is 0.478 e. The molecule has 0 aromatic heterocycles. The van der Waals surface area contributed by atoms with Crippen molar-refractivity contribution in [2.24, 2.45) is 0 Å². The van der Waals surface area contributed by atoms with Crippen LogP contribution in [0.4, 0.5) is 5.69 Å². The third-order valence-corrected chi connectivity index (χ3v) is 3.56. The van der Waals surface area contributed by atoms with Gasteiger partial charge in [-0.05, 0) is 12.3 Å². The van der Waals surface area contributed by atoms with Crippen molar-refractivity contribution in [1.29, 1.82) is 0 Å². The number of hydrogen-bond donors (Lipinski definition) is 2. The van der Waals surface area contributed by atoms with Crippen LogP contribution in [0.15, 0.2) is 18.2 Å². The molecule has 0 aliphatic rings. The number of rotatable bonds is 6. The number of carbonyl (C=O) groups is 2. The zero-order valence-electron chi connectivity index (χ0n) is 11.0. The molecule has 8 heteroatoms. The van der Waals surface area contributed by atoms with E-state index in [2.05, 4.69) is 5.32 Å². The Balaban J connectivity index is 3.01. The summed E-state index contributed by atoms with van der Waals surface area (Å²) < 4.78 is 0. The molecule has 1 atom stereocenters. The van der Waals surface area contributed by atoms with Gasteiger partial charge in [-0.2, -0.15) is 11.8 Å². The van der Waals surface area contributed by atoms with Gasteiger partial charge in [0.2, 0.25) is 0 Å². The Bertz CT molecular complexity index is 514. The van der Waals surface area contributed by atoms with E-state index in [0.717, 1.165) is 18.2 Å². The summed E-state index contributed by atoms with van der Waals surface area (Å²) in [5.74, 6) is -1.85. The quantitative estimate of drug-likeness (QED) is 0.612. The molecule has 0 spiro atoms. The number of nitrogens with one attached hydrogen (secondary N) is 1. The highest BCUT2D eigenvalue weighted by Gasteiger charge is 2.17. The van der Waals surface area contributed by atoms with Crippen molar-refractivity contribution < 1.29 is 19.6 Å². The summed E-state index contributed by atoms with van der Waals surface area (Å²) in [4.78, 5) is 32.8. The van der Waals surface area contributed by atoms with Crippen LogP contribution in [0, 0.1) is 10.1 Å². The maximum Gasteiger partial charge on any atom is 0.335 e. The number of non-ortho nitro benzene ring substituents is 1. The van der Waals surface area contributed by atoms with E-state index < -0.39 is 22.5 Å². The molecule has 0 saturated heterocycles. The van der Waals surface area contributed by atoms with Crippen molar-refractivity contribution in [3.8, 4) is 0 Å². The van der Waals surface area contributed by atoms with Gasteiger partial charge in [0.1, 0.15) is 0 Å². The summed E-state index contributed by atoms with van der Waals surface area (Å²) in [6, 6.07) is 3.10. The van der Waals surface area contributed by atoms with Gasteiger partial charge in [0.05, 0.1) is 10.5 Å². The van der Waals surface area contributed by atoms with E-state index in [1.165, 1.54) is 0 Å². The minimum Gasteiger partial charge on any atom is -0.478 e. The molecule has 1 rings (SSSR count). The molecule has 20 heavy (non-hydrogen) atoms. The first-order valence-corrected chi connectivity index (χ1v) is 6.97. The molecule has 0 radical (unpaired) electrons. The Hall–Kier alpha value is -2.09. The Morgan fingerprint density at radius 1 is 1.40 bits per heavy atom. The van der Waals surface area contributed by atoms with Crippen LogP contribution in [0.1, 0.15) is 27.6 Å². The molecular formula is C12H14N2O5S. The minimum absolute atomic E-state index is 0.0371. The van der Waals surface area contributed by atoms with Crippen molar-refractivity contribution in [3.05, 3.63) is 39.4 Å². The first-order chi connectivity index (χ1) is 9.35. The summed E-state index contributed by atoms with van der Waals surface area (Å²) in [6.45, 7) is 2.31. The number of carboxylic acid groups (broad SMARTS) is 1. The summed E-state index contributed by atoms with van der Waals surface area (Å²) in [7, 11) is 0. The van der Waals surface area contributed by atoms with Gasteiger partial charge in [-0.15, -0.1) is 0 Å². The van der Waals surface area contributed by atoms with Gasteiger partial charge in [0.15, 0.2) is 0 Å². The summed E-state index contributed by atoms with van der Waals surface area (Å²) in [5.41, 5.74) is -0.750. The fourth-order valence-electron chi connectivity index (χ4n) is 1.39. The molecule has 1 aromatic carbocycles. The van der Waals surface area contributed by atoms with Crippen LogP contribution >= 0.6 is 11.8 Å². The number of carboxylic acids is 1. The van der Waals surface area contributed by atoms with E-state index in [0.29, 0.717) is 6.54 Å². The predicted octanol–water partition coefficient (Wildman–Crippen LogP) is 1.77. The fraction of sp³-hybridized carbons (Fsp3) is 0.333. The van der Waals surface area contributed by atoms with Crippen LogP contribution < -0.4 is 5.32 Å². The molecular weight excluding hydrogens is 284 g/mol. The number of carbonyl (C=O) groups excluding carboxylic acids is 1. The fourth-order valence-corrected chi connectivity index (χ4v) is 1.64. The molecule has 1 amide bonds. The highest BCUT2D eigenvalue weighted by atomic mass is 32.2. The van der Waals surface area contributed by atoms with Crippen LogP contribution in [0.3, 0.4) is 0 Å². The summed E-state index contributed by atoms with van der Waals surface area (Å²) in [5, 5.41) is 22.4. The van der Waals surface area contributed by atoms with E-state index in [9.17, 15) is 19.7 Å². The molecule has 1 aromatic rings. The normalized spacial score (nSPS) is 11.7. The molecule has 0 aliphatic carbocycles. The third-order valence-electron chi connectivity index (χ3n) is 2.59. The lowest BCUT2D eigenvalue weighted by molar-refractivity contribution is -0.384. The average molecular weight is 298 g/mol. The smallest absolute Gasteiger partial charge is 0.335 e. The summed E-state index contributed by atoms with van der Waals surface area (Å²) in [6.07, 6.45) is 1.90. The Morgan fingerprint density at radius 3 is 2.50 bits per heavy atom. The standard InChI is InChI=1S/C12H14N2O5S/c1-7(20-2)6-13-11(15)8-3-9(12(16)17)5-10(4-8)14(18)19/h3-5,7H,6H2,1-2H3,(H,13,15)(H,16,17). The topological polar surface area (TPSA) is 110 Å². The zero-order valence-corrected chi connectivity index (χ0v) is 11.8. The van der Waals surface area contributed by atoms with E-state index in [4.69, 9.17) is 5.11 Å². The second-order valence-electron chi connectivity index (χ2n) is 4.09.